The number of rotatable bonds is 5. The molecule has 1 saturated carbocycles. The summed E-state index contributed by atoms with van der Waals surface area (Å²) >= 11 is 0. The molecular formula is C16H24N2O. The van der Waals surface area contributed by atoms with Crippen molar-refractivity contribution < 1.29 is 4.79 Å². The van der Waals surface area contributed by atoms with Crippen molar-refractivity contribution in [3.8, 4) is 0 Å². The largest absolute Gasteiger partial charge is 0.325 e. The highest BCUT2D eigenvalue weighted by molar-refractivity contribution is 5.92. The van der Waals surface area contributed by atoms with Crippen LogP contribution in [0.3, 0.4) is 0 Å². The zero-order valence-corrected chi connectivity index (χ0v) is 11.9. The van der Waals surface area contributed by atoms with E-state index in [1.807, 2.05) is 31.2 Å². The maximum atomic E-state index is 11.8. The summed E-state index contributed by atoms with van der Waals surface area (Å²) in [5.74, 6) is 0.779. The molecule has 0 unspecified atom stereocenters. The van der Waals surface area contributed by atoms with Crippen molar-refractivity contribution >= 4 is 11.6 Å². The summed E-state index contributed by atoms with van der Waals surface area (Å²) in [5, 5.41) is 6.26. The van der Waals surface area contributed by atoms with Crippen molar-refractivity contribution in [1.29, 1.82) is 0 Å². The van der Waals surface area contributed by atoms with Crippen LogP contribution in [0.15, 0.2) is 24.3 Å². The van der Waals surface area contributed by atoms with Crippen molar-refractivity contribution in [2.45, 2.75) is 45.6 Å². The van der Waals surface area contributed by atoms with E-state index in [-0.39, 0.29) is 5.91 Å². The van der Waals surface area contributed by atoms with Gasteiger partial charge in [-0.15, -0.1) is 0 Å². The third-order valence-corrected chi connectivity index (χ3v) is 4.03. The molecule has 1 atom stereocenters. The van der Waals surface area contributed by atoms with Crippen LogP contribution in [-0.4, -0.2) is 18.5 Å². The minimum absolute atomic E-state index is 0.0358. The van der Waals surface area contributed by atoms with Gasteiger partial charge in [-0.05, 0) is 44.7 Å². The van der Waals surface area contributed by atoms with Gasteiger partial charge in [0.2, 0.25) is 5.91 Å². The number of amides is 1. The molecule has 0 radical (unpaired) electrons. The lowest BCUT2D eigenvalue weighted by atomic mass is 10.00. The molecule has 0 heterocycles. The Hall–Kier alpha value is -1.35. The van der Waals surface area contributed by atoms with E-state index in [1.165, 1.54) is 31.2 Å². The second-order valence-electron chi connectivity index (χ2n) is 5.63. The molecule has 0 aromatic heterocycles. The number of hydrogen-bond donors (Lipinski definition) is 2. The smallest absolute Gasteiger partial charge is 0.238 e. The van der Waals surface area contributed by atoms with Gasteiger partial charge in [0.05, 0.1) is 6.54 Å². The Balaban J connectivity index is 1.73. The molecule has 1 fully saturated rings. The predicted octanol–water partition coefficient (Wildman–Crippen LogP) is 3.10. The highest BCUT2D eigenvalue weighted by Gasteiger charge is 2.21. The minimum atomic E-state index is 0.0358. The Kier molecular flexibility index (Phi) is 4.97. The zero-order chi connectivity index (χ0) is 13.7. The van der Waals surface area contributed by atoms with Crippen LogP contribution in [0.2, 0.25) is 0 Å². The fourth-order valence-electron chi connectivity index (χ4n) is 2.72. The number of anilines is 1. The SMILES string of the molecule is Cc1ccc(NC(=O)CN[C@@H](C)C2CCCC2)cc1. The van der Waals surface area contributed by atoms with E-state index < -0.39 is 0 Å². The number of aryl methyl sites for hydroxylation is 1. The van der Waals surface area contributed by atoms with Crippen LogP contribution in [-0.2, 0) is 4.79 Å². The van der Waals surface area contributed by atoms with Gasteiger partial charge in [-0.25, -0.2) is 0 Å². The van der Waals surface area contributed by atoms with E-state index in [0.29, 0.717) is 12.6 Å². The van der Waals surface area contributed by atoms with E-state index in [2.05, 4.69) is 17.6 Å². The number of nitrogens with one attached hydrogen (secondary N) is 2. The molecule has 1 amide bonds. The molecule has 1 aliphatic carbocycles. The fraction of sp³-hybridized carbons (Fsp3) is 0.562. The van der Waals surface area contributed by atoms with E-state index in [9.17, 15) is 4.79 Å². The van der Waals surface area contributed by atoms with Crippen LogP contribution in [0.1, 0.15) is 38.2 Å². The van der Waals surface area contributed by atoms with Gasteiger partial charge in [-0.2, -0.15) is 0 Å². The standard InChI is InChI=1S/C16H24N2O/c1-12-7-9-15(10-8-12)18-16(19)11-17-13(2)14-5-3-4-6-14/h7-10,13-14,17H,3-6,11H2,1-2H3,(H,18,19)/t13-/m0/s1. The monoisotopic (exact) mass is 260 g/mol. The summed E-state index contributed by atoms with van der Waals surface area (Å²) < 4.78 is 0. The van der Waals surface area contributed by atoms with Crippen LogP contribution in [0.4, 0.5) is 5.69 Å². The van der Waals surface area contributed by atoms with Gasteiger partial charge in [0, 0.05) is 11.7 Å². The lowest BCUT2D eigenvalue weighted by molar-refractivity contribution is -0.115. The number of carbonyl (C=O) groups excluding carboxylic acids is 1. The highest BCUT2D eigenvalue weighted by atomic mass is 16.1. The first kappa shape index (κ1) is 14.1. The molecule has 104 valence electrons. The zero-order valence-electron chi connectivity index (χ0n) is 11.9. The Morgan fingerprint density at radius 3 is 2.53 bits per heavy atom. The first-order valence-electron chi connectivity index (χ1n) is 7.25. The van der Waals surface area contributed by atoms with Crippen molar-refractivity contribution in [2.75, 3.05) is 11.9 Å². The molecule has 1 aliphatic rings. The second kappa shape index (κ2) is 6.71. The van der Waals surface area contributed by atoms with Crippen molar-refractivity contribution in [2.24, 2.45) is 5.92 Å². The molecule has 0 aliphatic heterocycles. The Labute approximate surface area is 115 Å². The summed E-state index contributed by atoms with van der Waals surface area (Å²) in [7, 11) is 0. The van der Waals surface area contributed by atoms with E-state index in [4.69, 9.17) is 0 Å². The second-order valence-corrected chi connectivity index (χ2v) is 5.63. The van der Waals surface area contributed by atoms with Gasteiger partial charge < -0.3 is 10.6 Å². The summed E-state index contributed by atoms with van der Waals surface area (Å²) in [6.45, 7) is 4.62. The third-order valence-electron chi connectivity index (χ3n) is 4.03. The van der Waals surface area contributed by atoms with Crippen LogP contribution in [0, 0.1) is 12.8 Å². The van der Waals surface area contributed by atoms with Crippen molar-refractivity contribution in [3.05, 3.63) is 29.8 Å². The van der Waals surface area contributed by atoms with E-state index >= 15 is 0 Å². The lowest BCUT2D eigenvalue weighted by Crippen LogP contribution is -2.38. The Bertz CT molecular complexity index is 407. The maximum Gasteiger partial charge on any atom is 0.238 e. The van der Waals surface area contributed by atoms with Crippen LogP contribution in [0.25, 0.3) is 0 Å². The van der Waals surface area contributed by atoms with Crippen LogP contribution in [0.5, 0.6) is 0 Å². The maximum absolute atomic E-state index is 11.8. The van der Waals surface area contributed by atoms with Gasteiger partial charge in [0.25, 0.3) is 0 Å². The summed E-state index contributed by atoms with van der Waals surface area (Å²) in [4.78, 5) is 11.8. The number of benzene rings is 1. The van der Waals surface area contributed by atoms with Gasteiger partial charge in [0.15, 0.2) is 0 Å². The van der Waals surface area contributed by atoms with Crippen molar-refractivity contribution in [3.63, 3.8) is 0 Å². The van der Waals surface area contributed by atoms with Gasteiger partial charge in [0.1, 0.15) is 0 Å². The molecule has 19 heavy (non-hydrogen) atoms. The molecule has 3 nitrogen and oxygen atoms in total. The molecule has 1 aromatic rings. The molecule has 1 aromatic carbocycles. The van der Waals surface area contributed by atoms with Crippen molar-refractivity contribution in [1.82, 2.24) is 5.32 Å². The highest BCUT2D eigenvalue weighted by Crippen LogP contribution is 2.27. The van der Waals surface area contributed by atoms with E-state index in [0.717, 1.165) is 11.6 Å². The van der Waals surface area contributed by atoms with E-state index in [1.54, 1.807) is 0 Å². The lowest BCUT2D eigenvalue weighted by Gasteiger charge is -2.20. The molecule has 3 heteroatoms. The predicted molar refractivity (Wildman–Crippen MR) is 79.2 cm³/mol. The first-order chi connectivity index (χ1) is 9.15. The summed E-state index contributed by atoms with van der Waals surface area (Å²) in [6, 6.07) is 8.32. The van der Waals surface area contributed by atoms with Crippen LogP contribution >= 0.6 is 0 Å². The average Bonchev–Trinajstić information content (AvgIpc) is 2.93. The first-order valence-corrected chi connectivity index (χ1v) is 7.25. The fourth-order valence-corrected chi connectivity index (χ4v) is 2.72. The van der Waals surface area contributed by atoms with Gasteiger partial charge in [-0.1, -0.05) is 30.5 Å². The Morgan fingerprint density at radius 1 is 1.26 bits per heavy atom. The molecule has 0 spiro atoms. The minimum Gasteiger partial charge on any atom is -0.325 e. The molecule has 0 bridgehead atoms. The molecule has 0 saturated heterocycles. The number of hydrogen-bond acceptors (Lipinski definition) is 2. The topological polar surface area (TPSA) is 41.1 Å². The molecule has 2 rings (SSSR count). The summed E-state index contributed by atoms with van der Waals surface area (Å²) in [5.41, 5.74) is 2.07. The Morgan fingerprint density at radius 2 is 1.89 bits per heavy atom. The summed E-state index contributed by atoms with van der Waals surface area (Å²) in [6.07, 6.45) is 5.28. The average molecular weight is 260 g/mol. The quantitative estimate of drug-likeness (QED) is 0.854. The number of carbonyl (C=O) groups is 1. The molecular weight excluding hydrogens is 236 g/mol. The molecule has 2 N–H and O–H groups in total. The van der Waals surface area contributed by atoms with Gasteiger partial charge >= 0.3 is 0 Å². The third kappa shape index (κ3) is 4.35. The van der Waals surface area contributed by atoms with Crippen LogP contribution < -0.4 is 10.6 Å². The normalized spacial score (nSPS) is 17.4. The van der Waals surface area contributed by atoms with Gasteiger partial charge in [-0.3, -0.25) is 4.79 Å².